The van der Waals surface area contributed by atoms with Gasteiger partial charge in [0.25, 0.3) is 5.22 Å². The number of aryl methyl sites for hydroxylation is 1. The third-order valence-electron chi connectivity index (χ3n) is 1.87. The molecule has 0 spiro atoms. The van der Waals surface area contributed by atoms with Gasteiger partial charge in [-0.25, -0.2) is 9.97 Å². The second-order valence-corrected chi connectivity index (χ2v) is 4.13. The van der Waals surface area contributed by atoms with Gasteiger partial charge in [-0.05, 0) is 25.6 Å². The number of nitrogens with zero attached hydrogens (tertiary/aromatic N) is 3. The van der Waals surface area contributed by atoms with Crippen LogP contribution in [0.2, 0.25) is 0 Å². The normalized spacial score (nSPS) is 10.5. The molecule has 2 N–H and O–H groups in total. The van der Waals surface area contributed by atoms with Crippen molar-refractivity contribution in [2.24, 2.45) is 0 Å². The summed E-state index contributed by atoms with van der Waals surface area (Å²) in [6.45, 7) is 4.22. The molecular weight excluding hydrogens is 240 g/mol. The summed E-state index contributed by atoms with van der Waals surface area (Å²) < 4.78 is 10.5. The van der Waals surface area contributed by atoms with Crippen LogP contribution in [-0.4, -0.2) is 21.6 Å². The van der Waals surface area contributed by atoms with Gasteiger partial charge in [-0.15, -0.1) is 0 Å². The van der Waals surface area contributed by atoms with Gasteiger partial charge in [0, 0.05) is 0 Å². The second-order valence-electron chi connectivity index (χ2n) is 3.19. The fraction of sp³-hybridized carbons (Fsp3) is 0.300. The van der Waals surface area contributed by atoms with Gasteiger partial charge in [0.1, 0.15) is 23.3 Å². The van der Waals surface area contributed by atoms with Crippen LogP contribution >= 0.6 is 11.8 Å². The molecule has 0 aromatic carbocycles. The van der Waals surface area contributed by atoms with Crippen LogP contribution in [0.1, 0.15) is 12.6 Å². The average Bonchev–Trinajstić information content (AvgIpc) is 2.70. The van der Waals surface area contributed by atoms with E-state index in [4.69, 9.17) is 14.9 Å². The van der Waals surface area contributed by atoms with Gasteiger partial charge in [-0.3, -0.25) is 0 Å². The van der Waals surface area contributed by atoms with E-state index in [9.17, 15) is 0 Å². The van der Waals surface area contributed by atoms with Crippen LogP contribution in [0.25, 0.3) is 0 Å². The topological polar surface area (TPSA) is 87.1 Å². The highest BCUT2D eigenvalue weighted by molar-refractivity contribution is 7.99. The van der Waals surface area contributed by atoms with Gasteiger partial charge >= 0.3 is 0 Å². The van der Waals surface area contributed by atoms with E-state index < -0.39 is 0 Å². The van der Waals surface area contributed by atoms with Crippen molar-refractivity contribution in [1.29, 1.82) is 0 Å². The van der Waals surface area contributed by atoms with E-state index in [0.717, 1.165) is 5.69 Å². The summed E-state index contributed by atoms with van der Waals surface area (Å²) in [7, 11) is 0. The minimum Gasteiger partial charge on any atom is -0.476 e. The fourth-order valence-electron chi connectivity index (χ4n) is 1.16. The lowest BCUT2D eigenvalue weighted by atomic mass is 10.5. The molecule has 0 unspecified atom stereocenters. The monoisotopic (exact) mass is 252 g/mol. The fourth-order valence-corrected chi connectivity index (χ4v) is 1.91. The Morgan fingerprint density at radius 1 is 1.47 bits per heavy atom. The van der Waals surface area contributed by atoms with E-state index in [-0.39, 0.29) is 0 Å². The number of nitrogens with two attached hydrogens (primary N) is 1. The van der Waals surface area contributed by atoms with Gasteiger partial charge in [0.15, 0.2) is 0 Å². The highest BCUT2D eigenvalue weighted by Crippen LogP contribution is 2.33. The van der Waals surface area contributed by atoms with Crippen molar-refractivity contribution in [3.8, 4) is 5.88 Å². The van der Waals surface area contributed by atoms with Gasteiger partial charge in [0.2, 0.25) is 5.88 Å². The van der Waals surface area contributed by atoms with Crippen molar-refractivity contribution in [3.63, 3.8) is 0 Å². The molecule has 2 heterocycles. The molecule has 0 saturated heterocycles. The number of ether oxygens (including phenoxy) is 1. The van der Waals surface area contributed by atoms with Crippen LogP contribution in [0.5, 0.6) is 5.88 Å². The van der Waals surface area contributed by atoms with Crippen LogP contribution in [-0.2, 0) is 0 Å². The zero-order chi connectivity index (χ0) is 12.3. The molecular formula is C10H12N4O2S. The van der Waals surface area contributed by atoms with Gasteiger partial charge < -0.3 is 14.9 Å². The molecule has 17 heavy (non-hydrogen) atoms. The van der Waals surface area contributed by atoms with Crippen molar-refractivity contribution >= 4 is 17.4 Å². The largest absolute Gasteiger partial charge is 0.476 e. The molecule has 0 bridgehead atoms. The molecule has 0 radical (unpaired) electrons. The van der Waals surface area contributed by atoms with Gasteiger partial charge in [0.05, 0.1) is 12.3 Å². The summed E-state index contributed by atoms with van der Waals surface area (Å²) in [5.74, 6) is 0.383. The van der Waals surface area contributed by atoms with Gasteiger partial charge in [-0.2, -0.15) is 4.98 Å². The van der Waals surface area contributed by atoms with Crippen LogP contribution in [0.3, 0.4) is 0 Å². The summed E-state index contributed by atoms with van der Waals surface area (Å²) in [6.07, 6.45) is 2.97. The quantitative estimate of drug-likeness (QED) is 0.831. The Morgan fingerprint density at radius 2 is 2.29 bits per heavy atom. The third-order valence-corrected chi connectivity index (χ3v) is 2.75. The number of nitrogen functional groups attached to an aromatic ring is 1. The molecule has 0 aliphatic heterocycles. The summed E-state index contributed by atoms with van der Waals surface area (Å²) in [5.41, 5.74) is 7.09. The van der Waals surface area contributed by atoms with Crippen molar-refractivity contribution in [1.82, 2.24) is 15.0 Å². The molecule has 2 rings (SSSR count). The predicted octanol–water partition coefficient (Wildman–Crippen LogP) is 1.91. The van der Waals surface area contributed by atoms with Crippen LogP contribution in [0, 0.1) is 6.92 Å². The summed E-state index contributed by atoms with van der Waals surface area (Å²) in [6, 6.07) is 0. The molecule has 0 aliphatic carbocycles. The van der Waals surface area contributed by atoms with E-state index >= 15 is 0 Å². The maximum absolute atomic E-state index is 5.88. The third kappa shape index (κ3) is 2.68. The number of hydrogen-bond acceptors (Lipinski definition) is 7. The maximum atomic E-state index is 5.88. The Labute approximate surface area is 103 Å². The molecule has 0 saturated carbocycles. The Morgan fingerprint density at radius 3 is 2.94 bits per heavy atom. The summed E-state index contributed by atoms with van der Waals surface area (Å²) in [5, 5.41) is 1.07. The highest BCUT2D eigenvalue weighted by Gasteiger charge is 2.12. The number of oxazole rings is 1. The van der Waals surface area contributed by atoms with Crippen molar-refractivity contribution in [3.05, 3.63) is 18.3 Å². The zero-order valence-corrected chi connectivity index (χ0v) is 10.3. The highest BCUT2D eigenvalue weighted by atomic mass is 32.2. The Balaban J connectivity index is 2.23. The van der Waals surface area contributed by atoms with E-state index in [0.29, 0.717) is 28.4 Å². The van der Waals surface area contributed by atoms with Crippen molar-refractivity contribution in [2.45, 2.75) is 24.1 Å². The summed E-state index contributed by atoms with van der Waals surface area (Å²) >= 11 is 1.24. The lowest BCUT2D eigenvalue weighted by Crippen LogP contribution is -2.02. The van der Waals surface area contributed by atoms with Gasteiger partial charge in [-0.1, -0.05) is 0 Å². The first-order valence-electron chi connectivity index (χ1n) is 5.04. The second kappa shape index (κ2) is 5.05. The van der Waals surface area contributed by atoms with E-state index in [1.165, 1.54) is 18.1 Å². The van der Waals surface area contributed by atoms with Crippen molar-refractivity contribution < 1.29 is 9.15 Å². The molecule has 90 valence electrons. The number of hydrogen-bond donors (Lipinski definition) is 1. The molecule has 0 atom stereocenters. The van der Waals surface area contributed by atoms with E-state index in [1.807, 2.05) is 13.8 Å². The van der Waals surface area contributed by atoms with Crippen LogP contribution in [0.4, 0.5) is 5.69 Å². The van der Waals surface area contributed by atoms with E-state index in [2.05, 4.69) is 15.0 Å². The first-order chi connectivity index (χ1) is 8.20. The molecule has 0 aliphatic rings. The van der Waals surface area contributed by atoms with Crippen LogP contribution < -0.4 is 10.5 Å². The summed E-state index contributed by atoms with van der Waals surface area (Å²) in [4.78, 5) is 12.2. The molecule has 2 aromatic heterocycles. The smallest absolute Gasteiger partial charge is 0.262 e. The number of anilines is 1. The predicted molar refractivity (Wildman–Crippen MR) is 63.0 cm³/mol. The van der Waals surface area contributed by atoms with Crippen LogP contribution in [0.15, 0.2) is 27.3 Å². The first kappa shape index (κ1) is 11.7. The lowest BCUT2D eigenvalue weighted by molar-refractivity contribution is 0.327. The standard InChI is InChI=1S/C10H12N4O2S/c1-3-15-8-7(11)9(13-5-12-8)17-10-14-6(2)4-16-10/h4-5H,3,11H2,1-2H3. The Hall–Kier alpha value is -1.76. The SMILES string of the molecule is CCOc1ncnc(Sc2nc(C)co2)c1N. The average molecular weight is 252 g/mol. The number of rotatable bonds is 4. The van der Waals surface area contributed by atoms with Crippen molar-refractivity contribution in [2.75, 3.05) is 12.3 Å². The van der Waals surface area contributed by atoms with E-state index in [1.54, 1.807) is 6.26 Å². The zero-order valence-electron chi connectivity index (χ0n) is 9.51. The lowest BCUT2D eigenvalue weighted by Gasteiger charge is -2.06. The minimum atomic E-state index is 0.383. The molecule has 0 fully saturated rings. The Kier molecular flexibility index (Phi) is 3.48. The number of aromatic nitrogens is 3. The molecule has 7 heteroatoms. The maximum Gasteiger partial charge on any atom is 0.262 e. The minimum absolute atomic E-state index is 0.383. The Bertz CT molecular complexity index is 515. The first-order valence-corrected chi connectivity index (χ1v) is 5.85. The molecule has 0 amide bonds. The molecule has 6 nitrogen and oxygen atoms in total. The molecule has 2 aromatic rings.